The molecule has 3 aromatic rings. The fraction of sp³-hybridized carbons (Fsp3) is 0.0909. The van der Waals surface area contributed by atoms with Gasteiger partial charge >= 0.3 is 5.69 Å². The fourth-order valence-corrected chi connectivity index (χ4v) is 3.05. The highest BCUT2D eigenvalue weighted by molar-refractivity contribution is 5.96. The van der Waals surface area contributed by atoms with Gasteiger partial charge in [-0.15, -0.1) is 0 Å². The lowest BCUT2D eigenvalue weighted by Crippen LogP contribution is -2.27. The van der Waals surface area contributed by atoms with E-state index in [2.05, 4.69) is 15.0 Å². The highest BCUT2D eigenvalue weighted by atomic mass is 16.3. The van der Waals surface area contributed by atoms with Crippen LogP contribution in [0.15, 0.2) is 70.6 Å². The number of nitrogens with zero attached hydrogens (tertiary/aromatic N) is 3. The van der Waals surface area contributed by atoms with Crippen LogP contribution in [0, 0.1) is 6.92 Å². The number of allylic oxidation sites excluding steroid dienone is 1. The minimum Gasteiger partial charge on any atom is -0.508 e. The van der Waals surface area contributed by atoms with Gasteiger partial charge in [-0.05, 0) is 60.5 Å². The molecule has 0 unspecified atom stereocenters. The topological polar surface area (TPSA) is 98.7 Å². The Morgan fingerprint density at radius 3 is 2.55 bits per heavy atom. The number of aromatic nitrogens is 2. The number of aromatic amines is 1. The standard InChI is InChI=1S/C22H18N4O3/c1-14-11-17(7-8-20(14)27)19-12-18(24-22(29)25-19)15-3-5-16(6-4-15)21(28)26-10-2-9-23-13-26/h2-12,27H,13H2,1H3,(H,24,25,29). The van der Waals surface area contributed by atoms with E-state index in [0.29, 0.717) is 29.2 Å². The number of amides is 1. The van der Waals surface area contributed by atoms with Crippen molar-refractivity contribution in [2.75, 3.05) is 6.67 Å². The van der Waals surface area contributed by atoms with Crippen LogP contribution in [-0.4, -0.2) is 38.8 Å². The smallest absolute Gasteiger partial charge is 0.345 e. The van der Waals surface area contributed by atoms with E-state index in [0.717, 1.165) is 11.1 Å². The van der Waals surface area contributed by atoms with Gasteiger partial charge in [0, 0.05) is 23.5 Å². The first kappa shape index (κ1) is 18.4. The van der Waals surface area contributed by atoms with E-state index in [1.165, 1.54) is 4.90 Å². The molecule has 2 aromatic carbocycles. The van der Waals surface area contributed by atoms with Gasteiger partial charge in [0.1, 0.15) is 12.4 Å². The van der Waals surface area contributed by atoms with Crippen molar-refractivity contribution in [3.8, 4) is 28.3 Å². The van der Waals surface area contributed by atoms with Gasteiger partial charge in [-0.3, -0.25) is 14.7 Å². The van der Waals surface area contributed by atoms with Crippen molar-refractivity contribution in [2.24, 2.45) is 4.99 Å². The summed E-state index contributed by atoms with van der Waals surface area (Å²) in [6.07, 6.45) is 5.05. The number of hydrogen-bond acceptors (Lipinski definition) is 5. The number of nitrogens with one attached hydrogen (secondary N) is 1. The molecule has 0 radical (unpaired) electrons. The Balaban J connectivity index is 1.64. The number of benzene rings is 2. The summed E-state index contributed by atoms with van der Waals surface area (Å²) in [7, 11) is 0. The van der Waals surface area contributed by atoms with Crippen molar-refractivity contribution >= 4 is 12.1 Å². The molecular weight excluding hydrogens is 368 g/mol. The molecule has 144 valence electrons. The van der Waals surface area contributed by atoms with Crippen molar-refractivity contribution in [3.05, 3.63) is 82.4 Å². The zero-order valence-corrected chi connectivity index (χ0v) is 15.7. The van der Waals surface area contributed by atoms with Crippen LogP contribution in [0.3, 0.4) is 0 Å². The van der Waals surface area contributed by atoms with E-state index in [-0.39, 0.29) is 11.7 Å². The molecule has 1 aliphatic rings. The van der Waals surface area contributed by atoms with Crippen LogP contribution in [0.2, 0.25) is 0 Å². The second-order valence-electron chi connectivity index (χ2n) is 6.65. The molecule has 4 rings (SSSR count). The van der Waals surface area contributed by atoms with Crippen LogP contribution in [0.4, 0.5) is 0 Å². The predicted molar refractivity (Wildman–Crippen MR) is 111 cm³/mol. The van der Waals surface area contributed by atoms with Gasteiger partial charge in [0.15, 0.2) is 0 Å². The van der Waals surface area contributed by atoms with E-state index in [1.54, 1.807) is 73.9 Å². The zero-order chi connectivity index (χ0) is 20.4. The summed E-state index contributed by atoms with van der Waals surface area (Å²) in [6, 6.07) is 13.8. The van der Waals surface area contributed by atoms with Crippen LogP contribution in [0.1, 0.15) is 15.9 Å². The minimum absolute atomic E-state index is 0.145. The number of hydrogen-bond donors (Lipinski definition) is 2. The number of carbonyl (C=O) groups excluding carboxylic acids is 1. The number of H-pyrrole nitrogens is 1. The average Bonchev–Trinajstić information content (AvgIpc) is 2.75. The van der Waals surface area contributed by atoms with Crippen molar-refractivity contribution in [2.45, 2.75) is 6.92 Å². The molecule has 0 atom stereocenters. The van der Waals surface area contributed by atoms with Gasteiger partial charge in [0.2, 0.25) is 0 Å². The fourth-order valence-electron chi connectivity index (χ4n) is 3.05. The predicted octanol–water partition coefficient (Wildman–Crippen LogP) is 3.12. The number of aryl methyl sites for hydroxylation is 1. The first-order chi connectivity index (χ1) is 14.0. The lowest BCUT2D eigenvalue weighted by Gasteiger charge is -2.17. The quantitative estimate of drug-likeness (QED) is 0.722. The van der Waals surface area contributed by atoms with E-state index < -0.39 is 5.69 Å². The third-order valence-electron chi connectivity index (χ3n) is 4.63. The third kappa shape index (κ3) is 3.84. The highest BCUT2D eigenvalue weighted by Crippen LogP contribution is 2.26. The molecule has 0 saturated carbocycles. The van der Waals surface area contributed by atoms with Crippen molar-refractivity contribution < 1.29 is 9.90 Å². The number of carbonyl (C=O) groups is 1. The van der Waals surface area contributed by atoms with Gasteiger partial charge in [0.25, 0.3) is 5.91 Å². The first-order valence-electron chi connectivity index (χ1n) is 9.00. The van der Waals surface area contributed by atoms with Crippen LogP contribution >= 0.6 is 0 Å². The Hall–Kier alpha value is -4.00. The Morgan fingerprint density at radius 2 is 1.86 bits per heavy atom. The minimum atomic E-state index is -0.473. The molecular formula is C22H18N4O3. The maximum absolute atomic E-state index is 12.5. The molecule has 7 heteroatoms. The summed E-state index contributed by atoms with van der Waals surface area (Å²) in [6.45, 7) is 2.08. The molecule has 0 saturated heterocycles. The molecule has 1 amide bonds. The monoisotopic (exact) mass is 386 g/mol. The summed E-state index contributed by atoms with van der Waals surface area (Å²) in [5.41, 5.74) is 3.34. The summed E-state index contributed by atoms with van der Waals surface area (Å²) >= 11 is 0. The Bertz CT molecular complexity index is 1190. The van der Waals surface area contributed by atoms with E-state index in [9.17, 15) is 14.7 Å². The van der Waals surface area contributed by atoms with E-state index in [1.807, 2.05) is 0 Å². The lowest BCUT2D eigenvalue weighted by molar-refractivity contribution is 0.0825. The van der Waals surface area contributed by atoms with E-state index >= 15 is 0 Å². The summed E-state index contributed by atoms with van der Waals surface area (Å²) in [5, 5.41) is 9.71. The van der Waals surface area contributed by atoms with Gasteiger partial charge in [-0.2, -0.15) is 4.98 Å². The number of aromatic hydroxyl groups is 1. The first-order valence-corrected chi connectivity index (χ1v) is 9.00. The van der Waals surface area contributed by atoms with Crippen LogP contribution in [-0.2, 0) is 0 Å². The Labute approximate surface area is 166 Å². The highest BCUT2D eigenvalue weighted by Gasteiger charge is 2.14. The summed E-state index contributed by atoms with van der Waals surface area (Å²) < 4.78 is 0. The molecule has 0 bridgehead atoms. The molecule has 1 aliphatic heterocycles. The molecule has 0 spiro atoms. The SMILES string of the molecule is Cc1cc(-c2cc(-c3ccc(C(=O)N4C=CC=NC4)cc3)[nH]c(=O)n2)ccc1O. The molecule has 0 fully saturated rings. The maximum Gasteiger partial charge on any atom is 0.345 e. The van der Waals surface area contributed by atoms with Gasteiger partial charge in [-0.1, -0.05) is 12.1 Å². The number of phenolic OH excluding ortho intramolecular Hbond substituents is 1. The number of rotatable bonds is 3. The van der Waals surface area contributed by atoms with Crippen LogP contribution in [0.5, 0.6) is 5.75 Å². The normalized spacial score (nSPS) is 12.9. The molecule has 29 heavy (non-hydrogen) atoms. The molecule has 2 heterocycles. The molecule has 0 aliphatic carbocycles. The summed E-state index contributed by atoms with van der Waals surface area (Å²) in [5.74, 6) is 0.0430. The van der Waals surface area contributed by atoms with Crippen molar-refractivity contribution in [3.63, 3.8) is 0 Å². The lowest BCUT2D eigenvalue weighted by atomic mass is 10.0. The Kier molecular flexibility index (Phi) is 4.78. The molecule has 1 aromatic heterocycles. The van der Waals surface area contributed by atoms with E-state index in [4.69, 9.17) is 0 Å². The van der Waals surface area contributed by atoms with Gasteiger partial charge in [0.05, 0.1) is 11.4 Å². The Morgan fingerprint density at radius 1 is 1.10 bits per heavy atom. The number of aliphatic imine (C=N–C) groups is 1. The zero-order valence-electron chi connectivity index (χ0n) is 15.7. The second kappa shape index (κ2) is 7.55. The molecule has 7 nitrogen and oxygen atoms in total. The summed E-state index contributed by atoms with van der Waals surface area (Å²) in [4.78, 5) is 37.0. The average molecular weight is 386 g/mol. The third-order valence-corrected chi connectivity index (χ3v) is 4.63. The van der Waals surface area contributed by atoms with Crippen LogP contribution in [0.25, 0.3) is 22.5 Å². The second-order valence-corrected chi connectivity index (χ2v) is 6.65. The van der Waals surface area contributed by atoms with Crippen LogP contribution < -0.4 is 5.69 Å². The largest absolute Gasteiger partial charge is 0.508 e. The van der Waals surface area contributed by atoms with Crippen molar-refractivity contribution in [1.82, 2.24) is 14.9 Å². The maximum atomic E-state index is 12.5. The van der Waals surface area contributed by atoms with Crippen molar-refractivity contribution in [1.29, 1.82) is 0 Å². The van der Waals surface area contributed by atoms with Gasteiger partial charge < -0.3 is 10.1 Å². The number of phenols is 1. The molecule has 2 N–H and O–H groups in total. The van der Waals surface area contributed by atoms with Gasteiger partial charge in [-0.25, -0.2) is 4.79 Å².